The minimum atomic E-state index is -0.580. The molecule has 2 heterocycles. The number of aromatic amines is 1. The van der Waals surface area contributed by atoms with Crippen molar-refractivity contribution in [2.24, 2.45) is 0 Å². The molecule has 3 aromatic rings. The van der Waals surface area contributed by atoms with E-state index in [1.54, 1.807) is 6.92 Å². The van der Waals surface area contributed by atoms with Gasteiger partial charge in [-0.05, 0) is 25.1 Å². The zero-order valence-corrected chi connectivity index (χ0v) is 12.1. The number of benzene rings is 1. The van der Waals surface area contributed by atoms with Gasteiger partial charge in [0, 0.05) is 22.8 Å². The lowest BCUT2D eigenvalue weighted by Crippen LogP contribution is -2.20. The molecule has 5 nitrogen and oxygen atoms in total. The van der Waals surface area contributed by atoms with Crippen molar-refractivity contribution >= 4 is 34.2 Å². The lowest BCUT2D eigenvalue weighted by Gasteiger charge is -2.08. The van der Waals surface area contributed by atoms with E-state index in [-0.39, 0.29) is 5.91 Å². The molecule has 1 unspecified atom stereocenters. The minimum absolute atomic E-state index is 0.233. The number of hydrogen-bond acceptors (Lipinski definition) is 3. The maximum absolute atomic E-state index is 11.7. The van der Waals surface area contributed by atoms with Gasteiger partial charge in [0.2, 0.25) is 5.91 Å². The van der Waals surface area contributed by atoms with Crippen LogP contribution >= 0.6 is 11.6 Å². The molecule has 1 atom stereocenters. The molecular weight excluding hydrogens is 288 g/mol. The molecule has 0 fully saturated rings. The number of nitrogens with zero attached hydrogens (tertiary/aromatic N) is 2. The summed E-state index contributed by atoms with van der Waals surface area (Å²) < 4.78 is 0. The fourth-order valence-electron chi connectivity index (χ4n) is 2.09. The number of hydrogen-bond donors (Lipinski definition) is 2. The Morgan fingerprint density at radius 3 is 3.00 bits per heavy atom. The quantitative estimate of drug-likeness (QED) is 0.730. The Labute approximate surface area is 126 Å². The second-order valence-electron chi connectivity index (χ2n) is 4.65. The van der Waals surface area contributed by atoms with Crippen LogP contribution < -0.4 is 5.32 Å². The van der Waals surface area contributed by atoms with Crippen molar-refractivity contribution in [2.75, 3.05) is 5.32 Å². The van der Waals surface area contributed by atoms with Gasteiger partial charge in [-0.1, -0.05) is 12.1 Å². The number of carbonyl (C=O) groups is 1. The van der Waals surface area contributed by atoms with Crippen LogP contribution in [-0.4, -0.2) is 26.2 Å². The van der Waals surface area contributed by atoms with Crippen molar-refractivity contribution in [1.29, 1.82) is 0 Å². The maximum Gasteiger partial charge on any atom is 0.242 e. The van der Waals surface area contributed by atoms with Crippen LogP contribution in [0, 0.1) is 0 Å². The summed E-state index contributed by atoms with van der Waals surface area (Å²) in [6.45, 7) is 1.63. The van der Waals surface area contributed by atoms with Crippen molar-refractivity contribution in [3.05, 3.63) is 42.9 Å². The summed E-state index contributed by atoms with van der Waals surface area (Å²) in [6, 6.07) is 9.41. The van der Waals surface area contributed by atoms with Gasteiger partial charge in [0.15, 0.2) is 0 Å². The highest BCUT2D eigenvalue weighted by Gasteiger charge is 2.11. The van der Waals surface area contributed by atoms with E-state index in [0.717, 1.165) is 22.3 Å². The molecule has 1 aromatic carbocycles. The molecule has 0 spiro atoms. The summed E-state index contributed by atoms with van der Waals surface area (Å²) in [5.74, 6) is -0.233. The van der Waals surface area contributed by atoms with Crippen molar-refractivity contribution in [2.45, 2.75) is 12.3 Å². The molecule has 106 valence electrons. The summed E-state index contributed by atoms with van der Waals surface area (Å²) in [5, 5.41) is 3.13. The molecule has 0 aliphatic rings. The first-order valence-corrected chi connectivity index (χ1v) is 6.92. The first-order valence-electron chi connectivity index (χ1n) is 6.48. The van der Waals surface area contributed by atoms with Crippen molar-refractivity contribution in [3.63, 3.8) is 0 Å². The number of halogens is 1. The van der Waals surface area contributed by atoms with Crippen molar-refractivity contribution in [3.8, 4) is 11.3 Å². The number of aromatic nitrogens is 3. The zero-order chi connectivity index (χ0) is 14.8. The van der Waals surface area contributed by atoms with Gasteiger partial charge in [-0.15, -0.1) is 11.6 Å². The predicted molar refractivity (Wildman–Crippen MR) is 83.3 cm³/mol. The summed E-state index contributed by atoms with van der Waals surface area (Å²) >= 11 is 5.76. The van der Waals surface area contributed by atoms with Crippen LogP contribution in [0.4, 0.5) is 5.69 Å². The number of nitrogens with one attached hydrogen (secondary N) is 2. The van der Waals surface area contributed by atoms with E-state index in [9.17, 15) is 4.79 Å². The van der Waals surface area contributed by atoms with Gasteiger partial charge < -0.3 is 10.3 Å². The smallest absolute Gasteiger partial charge is 0.242 e. The number of rotatable bonds is 3. The van der Waals surface area contributed by atoms with E-state index in [4.69, 9.17) is 11.6 Å². The van der Waals surface area contributed by atoms with E-state index in [0.29, 0.717) is 5.69 Å². The number of anilines is 1. The molecule has 0 aliphatic heterocycles. The SMILES string of the molecule is CC(Cl)C(=O)Nc1cccc(-c2ncnc3[nH]ccc23)c1. The number of amides is 1. The third-order valence-electron chi connectivity index (χ3n) is 3.12. The van der Waals surface area contributed by atoms with Crippen molar-refractivity contribution in [1.82, 2.24) is 15.0 Å². The van der Waals surface area contributed by atoms with E-state index in [2.05, 4.69) is 20.3 Å². The van der Waals surface area contributed by atoms with Gasteiger partial charge >= 0.3 is 0 Å². The molecule has 0 radical (unpaired) electrons. The van der Waals surface area contributed by atoms with Gasteiger partial charge in [-0.3, -0.25) is 4.79 Å². The summed E-state index contributed by atoms with van der Waals surface area (Å²) in [6.07, 6.45) is 3.34. The first-order chi connectivity index (χ1) is 10.1. The molecule has 0 saturated carbocycles. The standard InChI is InChI=1S/C15H13ClN4O/c1-9(16)15(21)20-11-4-2-3-10(7-11)13-12-5-6-17-14(12)19-8-18-13/h2-9H,1H3,(H,20,21)(H,17,18,19). The second-order valence-corrected chi connectivity index (χ2v) is 5.30. The summed E-state index contributed by atoms with van der Waals surface area (Å²) in [4.78, 5) is 23.2. The van der Waals surface area contributed by atoms with Crippen LogP contribution in [0.1, 0.15) is 6.92 Å². The molecule has 1 amide bonds. The predicted octanol–water partition coefficient (Wildman–Crippen LogP) is 3.19. The summed E-state index contributed by atoms with van der Waals surface area (Å²) in [7, 11) is 0. The molecule has 2 N–H and O–H groups in total. The molecule has 3 rings (SSSR count). The lowest BCUT2D eigenvalue weighted by atomic mass is 10.1. The summed E-state index contributed by atoms with van der Waals surface area (Å²) in [5.41, 5.74) is 3.19. The number of fused-ring (bicyclic) bond motifs is 1. The largest absolute Gasteiger partial charge is 0.346 e. The van der Waals surface area contributed by atoms with Gasteiger partial charge in [-0.25, -0.2) is 9.97 Å². The molecule has 0 saturated heterocycles. The average molecular weight is 301 g/mol. The fourth-order valence-corrected chi connectivity index (χ4v) is 2.14. The molecule has 6 heteroatoms. The molecule has 21 heavy (non-hydrogen) atoms. The lowest BCUT2D eigenvalue weighted by molar-refractivity contribution is -0.115. The van der Waals surface area contributed by atoms with Gasteiger partial charge in [0.25, 0.3) is 0 Å². The Kier molecular flexibility index (Phi) is 3.58. The third kappa shape index (κ3) is 2.73. The monoisotopic (exact) mass is 300 g/mol. The van der Waals surface area contributed by atoms with Gasteiger partial charge in [0.05, 0.1) is 5.69 Å². The third-order valence-corrected chi connectivity index (χ3v) is 3.32. The van der Waals surface area contributed by atoms with Crippen LogP contribution in [0.15, 0.2) is 42.9 Å². The van der Waals surface area contributed by atoms with Crippen LogP contribution in [0.3, 0.4) is 0 Å². The highest BCUT2D eigenvalue weighted by atomic mass is 35.5. The number of carbonyl (C=O) groups excluding carboxylic acids is 1. The van der Waals surface area contributed by atoms with E-state index < -0.39 is 5.38 Å². The van der Waals surface area contributed by atoms with Crippen LogP contribution in [0.2, 0.25) is 0 Å². The van der Waals surface area contributed by atoms with Crippen molar-refractivity contribution < 1.29 is 4.79 Å². The Hall–Kier alpha value is -2.40. The number of alkyl halides is 1. The Morgan fingerprint density at radius 2 is 2.19 bits per heavy atom. The highest BCUT2D eigenvalue weighted by Crippen LogP contribution is 2.26. The Morgan fingerprint density at radius 1 is 1.33 bits per heavy atom. The first kappa shape index (κ1) is 13.6. The molecule has 2 aromatic heterocycles. The normalized spacial score (nSPS) is 12.3. The average Bonchev–Trinajstić information content (AvgIpc) is 2.95. The van der Waals surface area contributed by atoms with E-state index >= 15 is 0 Å². The molecular formula is C15H13ClN4O. The Balaban J connectivity index is 2.00. The topological polar surface area (TPSA) is 70.7 Å². The van der Waals surface area contributed by atoms with E-state index in [1.165, 1.54) is 6.33 Å². The van der Waals surface area contributed by atoms with E-state index in [1.807, 2.05) is 36.5 Å². The minimum Gasteiger partial charge on any atom is -0.346 e. The van der Waals surface area contributed by atoms with Gasteiger partial charge in [-0.2, -0.15) is 0 Å². The van der Waals surface area contributed by atoms with Crippen LogP contribution in [0.5, 0.6) is 0 Å². The van der Waals surface area contributed by atoms with Gasteiger partial charge in [0.1, 0.15) is 17.4 Å². The fraction of sp³-hybridized carbons (Fsp3) is 0.133. The maximum atomic E-state index is 11.7. The van der Waals surface area contributed by atoms with Crippen LogP contribution in [0.25, 0.3) is 22.3 Å². The Bertz CT molecular complexity index is 797. The molecule has 0 aliphatic carbocycles. The second kappa shape index (κ2) is 5.54. The molecule has 0 bridgehead atoms. The highest BCUT2D eigenvalue weighted by molar-refractivity contribution is 6.32. The number of H-pyrrole nitrogens is 1. The zero-order valence-electron chi connectivity index (χ0n) is 11.3. The van der Waals surface area contributed by atoms with Crippen LogP contribution in [-0.2, 0) is 4.79 Å².